The normalized spacial score (nSPS) is 18.3. The molecule has 1 aromatic carbocycles. The Balaban J connectivity index is 2.09. The number of aliphatic carboxylic acids is 1. The Bertz CT molecular complexity index is 762. The van der Waals surface area contributed by atoms with Gasteiger partial charge in [0.05, 0.1) is 12.5 Å². The first kappa shape index (κ1) is 23.2. The van der Waals surface area contributed by atoms with Crippen LogP contribution in [0, 0.1) is 11.8 Å². The predicted octanol–water partition coefficient (Wildman–Crippen LogP) is 1.20. The highest BCUT2D eigenvalue weighted by molar-refractivity contribution is 5.72. The number of aromatic nitrogens is 1. The lowest BCUT2D eigenvalue weighted by atomic mass is 9.96. The minimum Gasteiger partial charge on any atom is -0.481 e. The van der Waals surface area contributed by atoms with Gasteiger partial charge in [-0.3, -0.25) is 15.4 Å². The Morgan fingerprint density at radius 1 is 1.07 bits per heavy atom. The summed E-state index contributed by atoms with van der Waals surface area (Å²) >= 11 is 0. The molecule has 0 fully saturated rings. The molecular weight excluding hydrogens is 378 g/mol. The molecule has 2 aromatic rings. The first-order valence-electron chi connectivity index (χ1n) is 9.73. The van der Waals surface area contributed by atoms with Crippen molar-refractivity contribution in [2.45, 2.75) is 64.8 Å². The minimum absolute atomic E-state index is 0.0359. The summed E-state index contributed by atoms with van der Waals surface area (Å²) in [6.07, 6.45) is -3.93. The number of nitrogens with zero attached hydrogens (tertiary/aromatic N) is 1. The van der Waals surface area contributed by atoms with E-state index in [0.29, 0.717) is 11.1 Å². The molecule has 0 aliphatic rings. The molecule has 9 nitrogen and oxygen atoms in total. The van der Waals surface area contributed by atoms with E-state index >= 15 is 0 Å². The molecule has 6 N–H and O–H groups in total. The summed E-state index contributed by atoms with van der Waals surface area (Å²) in [5.41, 5.74) is 1.01. The van der Waals surface area contributed by atoms with Crippen LogP contribution in [0.15, 0.2) is 28.7 Å². The molecule has 6 atom stereocenters. The topological polar surface area (TPSA) is 148 Å². The van der Waals surface area contributed by atoms with Crippen molar-refractivity contribution in [1.29, 1.82) is 0 Å². The maximum atomic E-state index is 11.3. The van der Waals surface area contributed by atoms with Crippen LogP contribution < -0.4 is 10.6 Å². The second kappa shape index (κ2) is 10.1. The molecule has 0 aliphatic carbocycles. The Hall–Kier alpha value is -2.04. The van der Waals surface area contributed by atoms with Crippen molar-refractivity contribution in [3.05, 3.63) is 30.2 Å². The predicted molar refractivity (Wildman–Crippen MR) is 107 cm³/mol. The van der Waals surface area contributed by atoms with Crippen molar-refractivity contribution in [3.63, 3.8) is 0 Å². The quantitative estimate of drug-likeness (QED) is 0.301. The van der Waals surface area contributed by atoms with Gasteiger partial charge in [-0.1, -0.05) is 32.9 Å². The van der Waals surface area contributed by atoms with E-state index in [1.165, 1.54) is 0 Å². The number of carbonyl (C=O) groups is 1. The fourth-order valence-electron chi connectivity index (χ4n) is 2.88. The number of carboxylic acid groups (broad SMARTS) is 1. The van der Waals surface area contributed by atoms with Gasteiger partial charge in [0, 0.05) is 6.04 Å². The molecule has 0 bridgehead atoms. The number of aliphatic hydroxyl groups is 3. The lowest BCUT2D eigenvalue weighted by Gasteiger charge is -2.31. The Kier molecular flexibility index (Phi) is 8.12. The molecular formula is C20H31N3O6. The summed E-state index contributed by atoms with van der Waals surface area (Å²) in [6.45, 7) is 7.50. The maximum absolute atomic E-state index is 11.3. The van der Waals surface area contributed by atoms with Crippen molar-refractivity contribution < 1.29 is 29.6 Å². The van der Waals surface area contributed by atoms with Gasteiger partial charge in [0.2, 0.25) is 5.89 Å². The van der Waals surface area contributed by atoms with Crippen LogP contribution in [0.5, 0.6) is 0 Å². The molecule has 0 amide bonds. The number of benzene rings is 1. The summed E-state index contributed by atoms with van der Waals surface area (Å²) in [5.74, 6) is -1.01. The van der Waals surface area contributed by atoms with Crippen LogP contribution in [0.2, 0.25) is 0 Å². The molecule has 162 valence electrons. The van der Waals surface area contributed by atoms with Crippen molar-refractivity contribution in [1.82, 2.24) is 15.6 Å². The van der Waals surface area contributed by atoms with Crippen LogP contribution in [-0.2, 0) is 4.79 Å². The highest BCUT2D eigenvalue weighted by atomic mass is 16.4. The Morgan fingerprint density at radius 3 is 2.31 bits per heavy atom. The van der Waals surface area contributed by atoms with Gasteiger partial charge in [0.15, 0.2) is 5.58 Å². The second-order valence-corrected chi connectivity index (χ2v) is 7.78. The van der Waals surface area contributed by atoms with Gasteiger partial charge in [-0.2, -0.15) is 0 Å². The molecule has 29 heavy (non-hydrogen) atoms. The van der Waals surface area contributed by atoms with Crippen molar-refractivity contribution in [2.75, 3.05) is 0 Å². The van der Waals surface area contributed by atoms with E-state index < -0.39 is 43.0 Å². The lowest BCUT2D eigenvalue weighted by molar-refractivity contribution is -0.138. The van der Waals surface area contributed by atoms with E-state index in [2.05, 4.69) is 15.6 Å². The number of rotatable bonds is 11. The second-order valence-electron chi connectivity index (χ2n) is 7.78. The van der Waals surface area contributed by atoms with Crippen molar-refractivity contribution >= 4 is 17.1 Å². The average molecular weight is 409 g/mol. The lowest BCUT2D eigenvalue weighted by Crippen LogP contribution is -2.55. The molecule has 2 rings (SSSR count). The van der Waals surface area contributed by atoms with Gasteiger partial charge in [0.25, 0.3) is 0 Å². The van der Waals surface area contributed by atoms with Gasteiger partial charge in [-0.25, -0.2) is 4.98 Å². The fraction of sp³-hybridized carbons (Fsp3) is 0.600. The summed E-state index contributed by atoms with van der Waals surface area (Å²) in [7, 11) is 0. The van der Waals surface area contributed by atoms with Gasteiger partial charge in [-0.15, -0.1) is 0 Å². The third kappa shape index (κ3) is 6.22. The standard InChI is InChI=1S/C20H31N3O6/c1-10(2)11(3)18(27)21-12(4)19(28)22-14(9-16(24)25)17(26)20-23-13-7-5-6-8-15(13)29-20/h5-8,10-12,14,17-19,21-22,26-28H,9H2,1-4H3,(H,24,25)/t11-,12-,14-,17?,18?,19?/m0/s1. The highest BCUT2D eigenvalue weighted by Crippen LogP contribution is 2.24. The fourth-order valence-corrected chi connectivity index (χ4v) is 2.88. The van der Waals surface area contributed by atoms with Gasteiger partial charge < -0.3 is 24.8 Å². The molecule has 0 saturated heterocycles. The molecule has 0 radical (unpaired) electrons. The van der Waals surface area contributed by atoms with E-state index in [-0.39, 0.29) is 17.7 Å². The maximum Gasteiger partial charge on any atom is 0.305 e. The van der Waals surface area contributed by atoms with Crippen LogP contribution in [0.1, 0.15) is 46.1 Å². The smallest absolute Gasteiger partial charge is 0.305 e. The number of oxazole rings is 1. The molecule has 1 heterocycles. The Morgan fingerprint density at radius 2 is 1.72 bits per heavy atom. The number of para-hydroxylation sites is 2. The van der Waals surface area contributed by atoms with E-state index in [9.17, 15) is 25.2 Å². The van der Waals surface area contributed by atoms with E-state index in [4.69, 9.17) is 4.42 Å². The largest absolute Gasteiger partial charge is 0.481 e. The van der Waals surface area contributed by atoms with Crippen LogP contribution in [0.4, 0.5) is 0 Å². The molecule has 9 heteroatoms. The summed E-state index contributed by atoms with van der Waals surface area (Å²) in [6, 6.07) is 5.27. The number of hydrogen-bond acceptors (Lipinski definition) is 8. The van der Waals surface area contributed by atoms with Gasteiger partial charge in [-0.05, 0) is 30.9 Å². The van der Waals surface area contributed by atoms with E-state index in [1.54, 1.807) is 31.2 Å². The third-order valence-corrected chi connectivity index (χ3v) is 5.18. The van der Waals surface area contributed by atoms with Gasteiger partial charge in [0.1, 0.15) is 24.1 Å². The number of fused-ring (bicyclic) bond motifs is 1. The van der Waals surface area contributed by atoms with E-state index in [1.807, 2.05) is 20.8 Å². The van der Waals surface area contributed by atoms with Crippen LogP contribution >= 0.6 is 0 Å². The molecule has 0 aliphatic heterocycles. The number of nitrogens with one attached hydrogen (secondary N) is 2. The molecule has 3 unspecified atom stereocenters. The molecule has 0 spiro atoms. The minimum atomic E-state index is -1.39. The van der Waals surface area contributed by atoms with Crippen molar-refractivity contribution in [2.24, 2.45) is 11.8 Å². The number of carboxylic acids is 1. The Labute approximate surface area is 169 Å². The molecule has 1 aromatic heterocycles. The zero-order valence-corrected chi connectivity index (χ0v) is 17.1. The van der Waals surface area contributed by atoms with Crippen molar-refractivity contribution in [3.8, 4) is 0 Å². The summed E-state index contributed by atoms with van der Waals surface area (Å²) in [4.78, 5) is 15.5. The summed E-state index contributed by atoms with van der Waals surface area (Å²) < 4.78 is 5.53. The first-order chi connectivity index (χ1) is 13.6. The van der Waals surface area contributed by atoms with Crippen LogP contribution in [0.25, 0.3) is 11.1 Å². The molecule has 0 saturated carbocycles. The first-order valence-corrected chi connectivity index (χ1v) is 9.73. The van der Waals surface area contributed by atoms with Crippen LogP contribution in [-0.4, -0.2) is 55.9 Å². The van der Waals surface area contributed by atoms with E-state index in [0.717, 1.165) is 0 Å². The monoisotopic (exact) mass is 409 g/mol. The van der Waals surface area contributed by atoms with Gasteiger partial charge >= 0.3 is 5.97 Å². The number of hydrogen-bond donors (Lipinski definition) is 6. The highest BCUT2D eigenvalue weighted by Gasteiger charge is 2.31. The number of aliphatic hydroxyl groups excluding tert-OH is 3. The van der Waals surface area contributed by atoms with Crippen LogP contribution in [0.3, 0.4) is 0 Å². The summed E-state index contributed by atoms with van der Waals surface area (Å²) in [5, 5.41) is 46.2. The zero-order chi connectivity index (χ0) is 21.7. The third-order valence-electron chi connectivity index (χ3n) is 5.18. The SMILES string of the molecule is CC(C)[C@H](C)C(O)N[C@@H](C)C(O)N[C@@H](CC(=O)O)C(O)c1nc2ccccc2o1. The zero-order valence-electron chi connectivity index (χ0n) is 17.1. The average Bonchev–Trinajstić information content (AvgIpc) is 3.09.